The van der Waals surface area contributed by atoms with Crippen LogP contribution in [0, 0.1) is 0 Å². The van der Waals surface area contributed by atoms with Gasteiger partial charge in [0.1, 0.15) is 19.8 Å². The van der Waals surface area contributed by atoms with Crippen molar-refractivity contribution in [1.82, 2.24) is 0 Å². The lowest BCUT2D eigenvalue weighted by molar-refractivity contribution is -0.870. The van der Waals surface area contributed by atoms with E-state index in [1.807, 2.05) is 21.1 Å². The topological polar surface area (TPSA) is 111 Å². The Morgan fingerprint density at radius 1 is 0.517 bits per heavy atom. The molecule has 0 aromatic carbocycles. The number of likely N-dealkylation sites (N-methyl/N-ethyl adjacent to an activating group) is 1. The lowest BCUT2D eigenvalue weighted by Crippen LogP contribution is -2.37. The molecule has 0 aliphatic heterocycles. The highest BCUT2D eigenvalue weighted by Crippen LogP contribution is 2.38. The van der Waals surface area contributed by atoms with Crippen LogP contribution in [0.1, 0.15) is 232 Å². The van der Waals surface area contributed by atoms with Gasteiger partial charge in [-0.25, -0.2) is 0 Å². The molecule has 0 rings (SSSR count). The molecule has 2 atom stereocenters. The summed E-state index contributed by atoms with van der Waals surface area (Å²) in [5.41, 5.74) is 0. The fraction of sp³-hybridized carbons (Fsp3) is 0.917. The van der Waals surface area contributed by atoms with Crippen molar-refractivity contribution in [2.45, 2.75) is 238 Å². The quantitative estimate of drug-likeness (QED) is 0.0196. The normalized spacial score (nSPS) is 13.6. The first-order valence-electron chi connectivity index (χ1n) is 24.4. The number of esters is 2. The summed E-state index contributed by atoms with van der Waals surface area (Å²) >= 11 is 0. The van der Waals surface area contributed by atoms with E-state index in [1.54, 1.807) is 0 Å². The third kappa shape index (κ3) is 44.3. The summed E-state index contributed by atoms with van der Waals surface area (Å²) in [6.45, 7) is 4.24. The Kier molecular flexibility index (Phi) is 40.2. The molecule has 0 bridgehead atoms. The second-order valence-electron chi connectivity index (χ2n) is 17.8. The Bertz CT molecular complexity index is 1000. The van der Waals surface area contributed by atoms with Gasteiger partial charge in [0.05, 0.1) is 27.7 Å². The first-order chi connectivity index (χ1) is 28.0. The first kappa shape index (κ1) is 56.8. The summed E-state index contributed by atoms with van der Waals surface area (Å²) in [5.74, 6) is -0.832. The molecule has 0 aliphatic rings. The third-order valence-corrected chi connectivity index (χ3v) is 11.7. The summed E-state index contributed by atoms with van der Waals surface area (Å²) < 4.78 is 34.0. The van der Waals surface area contributed by atoms with Crippen molar-refractivity contribution >= 4 is 19.8 Å². The molecule has 0 amide bonds. The second kappa shape index (κ2) is 41.1. The van der Waals surface area contributed by atoms with Crippen LogP contribution in [0.2, 0.25) is 0 Å². The molecule has 0 saturated carbocycles. The van der Waals surface area contributed by atoms with Crippen LogP contribution in [0.15, 0.2) is 12.2 Å². The summed E-state index contributed by atoms with van der Waals surface area (Å²) in [4.78, 5) is 37.6. The van der Waals surface area contributed by atoms with Gasteiger partial charge in [-0.1, -0.05) is 193 Å². The van der Waals surface area contributed by atoms with Crippen molar-refractivity contribution in [2.24, 2.45) is 0 Å². The minimum absolute atomic E-state index is 0.0292. The number of carbonyl (C=O) groups excluding carboxylic acids is 2. The maximum atomic E-state index is 12.7. The van der Waals surface area contributed by atoms with E-state index < -0.39 is 26.5 Å². The van der Waals surface area contributed by atoms with Gasteiger partial charge in [0, 0.05) is 12.8 Å². The molecule has 0 spiro atoms. The van der Waals surface area contributed by atoms with Gasteiger partial charge < -0.3 is 27.9 Å². The Labute approximate surface area is 358 Å². The number of quaternary nitrogens is 1. The predicted octanol–water partition coefficient (Wildman–Crippen LogP) is 13.5. The number of allylic oxidation sites excluding steroid dienone is 2. The minimum atomic E-state index is -4.62. The molecule has 0 radical (unpaired) electrons. The SMILES string of the molecule is CCCCCC/C=C/CCCCCCCC(=O)O[C@@H](COC(=O)CCCCCCCCCCCCCCCCCCCCCCC)COP(=O)([O-])OCC[N+](C)(C)C. The van der Waals surface area contributed by atoms with Gasteiger partial charge in [0.25, 0.3) is 7.82 Å². The summed E-state index contributed by atoms with van der Waals surface area (Å²) in [6, 6.07) is 0. The number of hydrogen-bond acceptors (Lipinski definition) is 8. The first-order valence-corrected chi connectivity index (χ1v) is 25.9. The third-order valence-electron chi connectivity index (χ3n) is 10.8. The van der Waals surface area contributed by atoms with E-state index in [2.05, 4.69) is 26.0 Å². The van der Waals surface area contributed by atoms with Crippen LogP contribution >= 0.6 is 7.82 Å². The number of nitrogens with zero attached hydrogens (tertiary/aromatic N) is 1. The minimum Gasteiger partial charge on any atom is -0.756 e. The van der Waals surface area contributed by atoms with Crippen molar-refractivity contribution in [3.63, 3.8) is 0 Å². The lowest BCUT2D eigenvalue weighted by Gasteiger charge is -2.28. The monoisotopic (exact) mass is 844 g/mol. The number of hydrogen-bond donors (Lipinski definition) is 0. The number of ether oxygens (including phenoxy) is 2. The highest BCUT2D eigenvalue weighted by molar-refractivity contribution is 7.45. The fourth-order valence-corrected chi connectivity index (χ4v) is 7.67. The number of carbonyl (C=O) groups is 2. The van der Waals surface area contributed by atoms with Gasteiger partial charge in [-0.15, -0.1) is 0 Å². The van der Waals surface area contributed by atoms with Gasteiger partial charge in [-0.2, -0.15) is 0 Å². The number of rotatable bonds is 45. The molecule has 58 heavy (non-hydrogen) atoms. The average molecular weight is 844 g/mol. The van der Waals surface area contributed by atoms with Gasteiger partial charge in [0.2, 0.25) is 0 Å². The zero-order valence-electron chi connectivity index (χ0n) is 38.8. The van der Waals surface area contributed by atoms with Crippen LogP contribution in [0.4, 0.5) is 0 Å². The fourth-order valence-electron chi connectivity index (χ4n) is 6.95. The van der Waals surface area contributed by atoms with Gasteiger partial charge in [0.15, 0.2) is 6.10 Å². The Morgan fingerprint density at radius 2 is 0.879 bits per heavy atom. The largest absolute Gasteiger partial charge is 0.756 e. The van der Waals surface area contributed by atoms with Crippen LogP contribution in [0.25, 0.3) is 0 Å². The van der Waals surface area contributed by atoms with Crippen LogP contribution in [-0.2, 0) is 32.7 Å². The molecule has 0 aromatic heterocycles. The van der Waals surface area contributed by atoms with E-state index in [-0.39, 0.29) is 32.0 Å². The zero-order valence-corrected chi connectivity index (χ0v) is 39.7. The Morgan fingerprint density at radius 3 is 1.29 bits per heavy atom. The van der Waals surface area contributed by atoms with Crippen molar-refractivity contribution < 1.29 is 42.1 Å². The predicted molar refractivity (Wildman–Crippen MR) is 241 cm³/mol. The van der Waals surface area contributed by atoms with Crippen LogP contribution in [0.3, 0.4) is 0 Å². The molecule has 0 fully saturated rings. The van der Waals surface area contributed by atoms with E-state index in [4.69, 9.17) is 18.5 Å². The van der Waals surface area contributed by atoms with Crippen molar-refractivity contribution in [1.29, 1.82) is 0 Å². The van der Waals surface area contributed by atoms with Gasteiger partial charge >= 0.3 is 11.9 Å². The van der Waals surface area contributed by atoms with Gasteiger partial charge in [-0.3, -0.25) is 14.2 Å². The smallest absolute Gasteiger partial charge is 0.306 e. The number of unbranched alkanes of at least 4 members (excludes halogenated alkanes) is 29. The molecular weight excluding hydrogens is 750 g/mol. The molecule has 0 heterocycles. The van der Waals surface area contributed by atoms with Crippen molar-refractivity contribution in [2.75, 3.05) is 47.5 Å². The maximum Gasteiger partial charge on any atom is 0.306 e. The Balaban J connectivity index is 4.20. The molecule has 10 heteroatoms. The van der Waals surface area contributed by atoms with E-state index in [1.165, 1.54) is 148 Å². The van der Waals surface area contributed by atoms with Gasteiger partial charge in [-0.05, 0) is 38.5 Å². The molecule has 1 unspecified atom stereocenters. The summed E-state index contributed by atoms with van der Waals surface area (Å²) in [6.07, 6.45) is 43.8. The molecule has 9 nitrogen and oxygen atoms in total. The molecule has 0 N–H and O–H groups in total. The molecule has 0 saturated heterocycles. The van der Waals surface area contributed by atoms with E-state index in [0.717, 1.165) is 51.4 Å². The Hall–Kier alpha value is -1.25. The highest BCUT2D eigenvalue weighted by atomic mass is 31.2. The lowest BCUT2D eigenvalue weighted by atomic mass is 10.0. The molecule has 0 aromatic rings. The number of phosphoric ester groups is 1. The van der Waals surface area contributed by atoms with Crippen molar-refractivity contribution in [3.05, 3.63) is 12.2 Å². The highest BCUT2D eigenvalue weighted by Gasteiger charge is 2.21. The van der Waals surface area contributed by atoms with E-state index in [9.17, 15) is 19.0 Å². The summed E-state index contributed by atoms with van der Waals surface area (Å²) in [7, 11) is 1.17. The molecule has 0 aliphatic carbocycles. The van der Waals surface area contributed by atoms with Crippen LogP contribution in [0.5, 0.6) is 0 Å². The molecular formula is C48H94NO8P. The van der Waals surface area contributed by atoms with Crippen LogP contribution < -0.4 is 4.89 Å². The van der Waals surface area contributed by atoms with E-state index in [0.29, 0.717) is 17.4 Å². The number of phosphoric acid groups is 1. The standard InChI is InChI=1S/C48H94NO8P/c1-6-8-10-12-14-16-18-20-21-22-23-24-25-26-27-29-30-32-34-36-38-40-47(50)54-44-46(45-56-58(52,53)55-43-42-49(3,4)5)57-48(51)41-39-37-35-33-31-28-19-17-15-13-11-9-7-2/h17,19,46H,6-16,18,20-45H2,1-5H3/b19-17+/t46-/m0/s1. The molecule has 344 valence electrons. The van der Waals surface area contributed by atoms with E-state index >= 15 is 0 Å². The zero-order chi connectivity index (χ0) is 42.8. The second-order valence-corrected chi connectivity index (χ2v) is 19.2. The summed E-state index contributed by atoms with van der Waals surface area (Å²) in [5, 5.41) is 0. The van der Waals surface area contributed by atoms with Crippen molar-refractivity contribution in [3.8, 4) is 0 Å². The maximum absolute atomic E-state index is 12.7. The van der Waals surface area contributed by atoms with Crippen LogP contribution in [-0.4, -0.2) is 70.0 Å². The average Bonchev–Trinajstić information content (AvgIpc) is 3.17.